The second kappa shape index (κ2) is 6.86. The molecule has 1 aromatic carbocycles. The van der Waals surface area contributed by atoms with Crippen LogP contribution in [0.4, 0.5) is 5.69 Å². The molecule has 112 valence electrons. The van der Waals surface area contributed by atoms with Crippen molar-refractivity contribution in [2.45, 2.75) is 32.8 Å². The molecule has 1 N–H and O–H groups in total. The first-order valence-corrected chi connectivity index (χ1v) is 6.45. The van der Waals surface area contributed by atoms with Crippen LogP contribution in [0.3, 0.4) is 0 Å². The number of benzene rings is 1. The maximum absolute atomic E-state index is 12.2. The third-order valence-electron chi connectivity index (χ3n) is 3.22. The zero-order valence-corrected chi connectivity index (χ0v) is 12.5. The topological polar surface area (TPSA) is 88.4 Å². The molecule has 6 heteroatoms. The molecule has 1 atom stereocenters. The molecule has 0 saturated heterocycles. The SMILES string of the molecule is CCC(C)(OC)C(=O)Nc1ccc(OC(C)=O)c(C#N)c1. The summed E-state index contributed by atoms with van der Waals surface area (Å²) in [5, 5.41) is 11.7. The van der Waals surface area contributed by atoms with Gasteiger partial charge in [0.25, 0.3) is 5.91 Å². The molecular weight excluding hydrogens is 272 g/mol. The van der Waals surface area contributed by atoms with Gasteiger partial charge >= 0.3 is 5.97 Å². The molecule has 6 nitrogen and oxygen atoms in total. The number of ether oxygens (including phenoxy) is 2. The summed E-state index contributed by atoms with van der Waals surface area (Å²) in [6.45, 7) is 4.77. The monoisotopic (exact) mass is 290 g/mol. The molecule has 0 saturated carbocycles. The second-order valence-corrected chi connectivity index (χ2v) is 4.66. The van der Waals surface area contributed by atoms with E-state index >= 15 is 0 Å². The van der Waals surface area contributed by atoms with Gasteiger partial charge in [-0.2, -0.15) is 5.26 Å². The molecule has 0 radical (unpaired) electrons. The van der Waals surface area contributed by atoms with Gasteiger partial charge in [-0.05, 0) is 31.5 Å². The van der Waals surface area contributed by atoms with Crippen molar-refractivity contribution >= 4 is 17.6 Å². The van der Waals surface area contributed by atoms with Crippen molar-refractivity contribution in [1.29, 1.82) is 5.26 Å². The fraction of sp³-hybridized carbons (Fsp3) is 0.400. The summed E-state index contributed by atoms with van der Waals surface area (Å²) in [6.07, 6.45) is 0.506. The Balaban J connectivity index is 2.99. The average Bonchev–Trinajstić information content (AvgIpc) is 2.47. The molecule has 0 aliphatic carbocycles. The van der Waals surface area contributed by atoms with Crippen LogP contribution in [-0.4, -0.2) is 24.6 Å². The molecule has 1 amide bonds. The van der Waals surface area contributed by atoms with Crippen LogP contribution >= 0.6 is 0 Å². The predicted octanol–water partition coefficient (Wildman–Crippen LogP) is 2.24. The highest BCUT2D eigenvalue weighted by atomic mass is 16.5. The maximum atomic E-state index is 12.2. The third-order valence-corrected chi connectivity index (χ3v) is 3.22. The molecule has 0 spiro atoms. The zero-order valence-electron chi connectivity index (χ0n) is 12.5. The quantitative estimate of drug-likeness (QED) is 0.663. The minimum absolute atomic E-state index is 0.160. The first kappa shape index (κ1) is 16.7. The number of carbonyl (C=O) groups is 2. The fourth-order valence-electron chi connectivity index (χ4n) is 1.60. The number of anilines is 1. The summed E-state index contributed by atoms with van der Waals surface area (Å²) < 4.78 is 10.1. The van der Waals surface area contributed by atoms with Gasteiger partial charge in [0.05, 0.1) is 5.56 Å². The standard InChI is InChI=1S/C15H18N2O4/c1-5-15(3,20-4)14(19)17-12-6-7-13(21-10(2)18)11(8-12)9-16/h6-8H,5H2,1-4H3,(H,17,19). The minimum Gasteiger partial charge on any atom is -0.425 e. The Labute approximate surface area is 123 Å². The van der Waals surface area contributed by atoms with Gasteiger partial charge in [-0.15, -0.1) is 0 Å². The molecule has 0 aliphatic rings. The van der Waals surface area contributed by atoms with Crippen LogP contribution in [0, 0.1) is 11.3 Å². The molecule has 0 aromatic heterocycles. The van der Waals surface area contributed by atoms with Crippen molar-refractivity contribution in [2.75, 3.05) is 12.4 Å². The van der Waals surface area contributed by atoms with Crippen LogP contribution in [0.2, 0.25) is 0 Å². The summed E-state index contributed by atoms with van der Waals surface area (Å²) in [6, 6.07) is 6.39. The van der Waals surface area contributed by atoms with E-state index in [9.17, 15) is 9.59 Å². The predicted molar refractivity (Wildman–Crippen MR) is 76.8 cm³/mol. The van der Waals surface area contributed by atoms with E-state index in [1.54, 1.807) is 13.0 Å². The fourth-order valence-corrected chi connectivity index (χ4v) is 1.60. The lowest BCUT2D eigenvalue weighted by molar-refractivity contribution is -0.136. The normalized spacial score (nSPS) is 12.9. The molecule has 0 fully saturated rings. The number of rotatable bonds is 5. The summed E-state index contributed by atoms with van der Waals surface area (Å²) in [7, 11) is 1.47. The number of nitrogens with one attached hydrogen (secondary N) is 1. The van der Waals surface area contributed by atoms with E-state index in [1.807, 2.05) is 13.0 Å². The summed E-state index contributed by atoms with van der Waals surface area (Å²) in [5.41, 5.74) is -0.343. The van der Waals surface area contributed by atoms with Crippen molar-refractivity contribution in [3.63, 3.8) is 0 Å². The van der Waals surface area contributed by atoms with E-state index in [1.165, 1.54) is 26.2 Å². The molecule has 1 aromatic rings. The van der Waals surface area contributed by atoms with Gasteiger partial charge in [-0.3, -0.25) is 9.59 Å². The van der Waals surface area contributed by atoms with Crippen molar-refractivity contribution in [3.05, 3.63) is 23.8 Å². The van der Waals surface area contributed by atoms with E-state index in [2.05, 4.69) is 5.32 Å². The molecule has 0 aliphatic heterocycles. The zero-order chi connectivity index (χ0) is 16.0. The van der Waals surface area contributed by atoms with Crippen LogP contribution < -0.4 is 10.1 Å². The van der Waals surface area contributed by atoms with E-state index in [4.69, 9.17) is 14.7 Å². The van der Waals surface area contributed by atoms with Gasteiger partial charge in [0, 0.05) is 19.7 Å². The summed E-state index contributed by atoms with van der Waals surface area (Å²) >= 11 is 0. The van der Waals surface area contributed by atoms with Gasteiger partial charge in [-0.25, -0.2) is 0 Å². The van der Waals surface area contributed by atoms with Crippen LogP contribution in [0.1, 0.15) is 32.8 Å². The van der Waals surface area contributed by atoms with E-state index in [-0.39, 0.29) is 17.2 Å². The van der Waals surface area contributed by atoms with Crippen LogP contribution in [-0.2, 0) is 14.3 Å². The lowest BCUT2D eigenvalue weighted by atomic mass is 10.0. The lowest BCUT2D eigenvalue weighted by Crippen LogP contribution is -2.41. The van der Waals surface area contributed by atoms with Crippen molar-refractivity contribution < 1.29 is 19.1 Å². The second-order valence-electron chi connectivity index (χ2n) is 4.66. The summed E-state index contributed by atoms with van der Waals surface area (Å²) in [5.74, 6) is -0.661. The number of hydrogen-bond acceptors (Lipinski definition) is 5. The van der Waals surface area contributed by atoms with Gasteiger partial charge in [0.15, 0.2) is 0 Å². The lowest BCUT2D eigenvalue weighted by Gasteiger charge is -2.25. The highest BCUT2D eigenvalue weighted by Crippen LogP contribution is 2.24. The van der Waals surface area contributed by atoms with Crippen molar-refractivity contribution in [2.24, 2.45) is 0 Å². The van der Waals surface area contributed by atoms with Crippen LogP contribution in [0.15, 0.2) is 18.2 Å². The number of carbonyl (C=O) groups excluding carboxylic acids is 2. The van der Waals surface area contributed by atoms with Crippen LogP contribution in [0.5, 0.6) is 5.75 Å². The molecule has 1 unspecified atom stereocenters. The number of nitrogens with zero attached hydrogens (tertiary/aromatic N) is 1. The van der Waals surface area contributed by atoms with Gasteiger partial charge < -0.3 is 14.8 Å². The first-order valence-electron chi connectivity index (χ1n) is 6.45. The van der Waals surface area contributed by atoms with Gasteiger partial charge in [0.2, 0.25) is 0 Å². The molecule has 1 rings (SSSR count). The number of methoxy groups -OCH3 is 1. The molecule has 0 heterocycles. The van der Waals surface area contributed by atoms with E-state index < -0.39 is 11.6 Å². The highest BCUT2D eigenvalue weighted by molar-refractivity contribution is 5.97. The number of hydrogen-bond donors (Lipinski definition) is 1. The average molecular weight is 290 g/mol. The van der Waals surface area contributed by atoms with Crippen molar-refractivity contribution in [3.8, 4) is 11.8 Å². The Morgan fingerprint density at radius 2 is 2.10 bits per heavy atom. The Bertz CT molecular complexity index is 586. The van der Waals surface area contributed by atoms with Crippen molar-refractivity contribution in [1.82, 2.24) is 0 Å². The Morgan fingerprint density at radius 3 is 2.57 bits per heavy atom. The molecular formula is C15H18N2O4. The van der Waals surface area contributed by atoms with Gasteiger partial charge in [0.1, 0.15) is 17.4 Å². The number of nitriles is 1. The Morgan fingerprint density at radius 1 is 1.43 bits per heavy atom. The largest absolute Gasteiger partial charge is 0.425 e. The third kappa shape index (κ3) is 4.04. The molecule has 21 heavy (non-hydrogen) atoms. The summed E-state index contributed by atoms with van der Waals surface area (Å²) in [4.78, 5) is 23.1. The van der Waals surface area contributed by atoms with Crippen LogP contribution in [0.25, 0.3) is 0 Å². The first-order chi connectivity index (χ1) is 9.86. The maximum Gasteiger partial charge on any atom is 0.308 e. The van der Waals surface area contributed by atoms with E-state index in [0.29, 0.717) is 12.1 Å². The van der Waals surface area contributed by atoms with Gasteiger partial charge in [-0.1, -0.05) is 6.92 Å². The molecule has 0 bridgehead atoms. The Hall–Kier alpha value is -2.39. The number of amides is 1. The smallest absolute Gasteiger partial charge is 0.308 e. The van der Waals surface area contributed by atoms with E-state index in [0.717, 1.165) is 0 Å². The number of esters is 1. The Kier molecular flexibility index (Phi) is 5.44. The minimum atomic E-state index is -0.943. The highest BCUT2D eigenvalue weighted by Gasteiger charge is 2.31.